The zero-order valence-corrected chi connectivity index (χ0v) is 11.4. The lowest BCUT2D eigenvalue weighted by molar-refractivity contribution is -0.155. The third-order valence-corrected chi connectivity index (χ3v) is 4.05. The van der Waals surface area contributed by atoms with Crippen LogP contribution in [0.4, 0.5) is 0 Å². The smallest absolute Gasteiger partial charge is 0.249 e. The van der Waals surface area contributed by atoms with Crippen molar-refractivity contribution in [2.24, 2.45) is 0 Å². The second-order valence-electron chi connectivity index (χ2n) is 5.26. The predicted molar refractivity (Wildman–Crippen MR) is 70.1 cm³/mol. The number of hydrogen-bond acceptors (Lipinski definition) is 2. The van der Waals surface area contributed by atoms with Crippen LogP contribution in [-0.2, 0) is 9.59 Å². The molecule has 2 rings (SSSR count). The van der Waals surface area contributed by atoms with Gasteiger partial charge in [-0.25, -0.2) is 0 Å². The fraction of sp³-hybridized carbons (Fsp3) is 0.692. The van der Waals surface area contributed by atoms with Gasteiger partial charge >= 0.3 is 0 Å². The summed E-state index contributed by atoms with van der Waals surface area (Å²) in [5.74, 6) is -0.0921. The van der Waals surface area contributed by atoms with Gasteiger partial charge in [-0.2, -0.15) is 0 Å². The molecule has 2 fully saturated rings. The van der Waals surface area contributed by atoms with Crippen LogP contribution in [0.3, 0.4) is 0 Å². The van der Waals surface area contributed by atoms with Crippen LogP contribution >= 0.6 is 11.6 Å². The van der Waals surface area contributed by atoms with Gasteiger partial charge in [0.15, 0.2) is 0 Å². The van der Waals surface area contributed by atoms with Crippen molar-refractivity contribution < 1.29 is 9.59 Å². The first-order valence-corrected chi connectivity index (χ1v) is 6.80. The fourth-order valence-electron chi connectivity index (χ4n) is 2.87. The van der Waals surface area contributed by atoms with Gasteiger partial charge in [0.25, 0.3) is 0 Å². The summed E-state index contributed by atoms with van der Waals surface area (Å²) < 4.78 is 0. The fourth-order valence-corrected chi connectivity index (χ4v) is 3.00. The van der Waals surface area contributed by atoms with Crippen molar-refractivity contribution in [1.29, 1.82) is 0 Å². The molecule has 100 valence electrons. The molecule has 18 heavy (non-hydrogen) atoms. The number of halogens is 1. The Kier molecular flexibility index (Phi) is 3.66. The van der Waals surface area contributed by atoms with E-state index in [1.165, 1.54) is 0 Å². The normalized spacial score (nSPS) is 27.2. The topological polar surface area (TPSA) is 49.4 Å². The van der Waals surface area contributed by atoms with Gasteiger partial charge in [0.1, 0.15) is 11.6 Å². The number of nitrogens with one attached hydrogen (secondary N) is 1. The van der Waals surface area contributed by atoms with Crippen LogP contribution in [0.5, 0.6) is 0 Å². The molecule has 0 radical (unpaired) electrons. The van der Waals surface area contributed by atoms with Gasteiger partial charge in [0, 0.05) is 5.03 Å². The van der Waals surface area contributed by atoms with Crippen molar-refractivity contribution in [2.45, 2.75) is 50.6 Å². The highest BCUT2D eigenvalue weighted by Gasteiger charge is 2.49. The van der Waals surface area contributed by atoms with E-state index >= 15 is 0 Å². The largest absolute Gasteiger partial charge is 0.340 e. The van der Waals surface area contributed by atoms with E-state index in [1.807, 2.05) is 0 Å². The van der Waals surface area contributed by atoms with Crippen molar-refractivity contribution in [3.05, 3.63) is 11.6 Å². The monoisotopic (exact) mass is 270 g/mol. The summed E-state index contributed by atoms with van der Waals surface area (Å²) in [7, 11) is 0. The van der Waals surface area contributed by atoms with Crippen molar-refractivity contribution in [2.75, 3.05) is 6.54 Å². The molecular weight excluding hydrogens is 252 g/mol. The molecule has 1 N–H and O–H groups in total. The van der Waals surface area contributed by atoms with Crippen molar-refractivity contribution in [1.82, 2.24) is 10.2 Å². The second kappa shape index (κ2) is 4.92. The molecule has 0 aromatic rings. The highest BCUT2D eigenvalue weighted by Crippen LogP contribution is 2.33. The Hall–Kier alpha value is -1.03. The summed E-state index contributed by atoms with van der Waals surface area (Å²) in [6.45, 7) is 5.59. The number of carbonyl (C=O) groups is 2. The zero-order chi connectivity index (χ0) is 13.3. The van der Waals surface area contributed by atoms with Crippen LogP contribution in [0.25, 0.3) is 0 Å². The first-order chi connectivity index (χ1) is 8.46. The van der Waals surface area contributed by atoms with Gasteiger partial charge in [-0.1, -0.05) is 37.4 Å². The van der Waals surface area contributed by atoms with Gasteiger partial charge in [-0.3, -0.25) is 9.59 Å². The van der Waals surface area contributed by atoms with E-state index < -0.39 is 11.6 Å². The van der Waals surface area contributed by atoms with E-state index in [2.05, 4.69) is 11.9 Å². The Morgan fingerprint density at radius 3 is 2.61 bits per heavy atom. The SMILES string of the molecule is C=C(Cl)CN1C(=O)C2(CCCCC2)NC(=O)C1C. The predicted octanol–water partition coefficient (Wildman–Crippen LogP) is 1.79. The Morgan fingerprint density at radius 1 is 1.44 bits per heavy atom. The number of rotatable bonds is 2. The minimum absolute atomic E-state index is 0.00361. The maximum absolute atomic E-state index is 12.6. The molecule has 1 aliphatic heterocycles. The van der Waals surface area contributed by atoms with Crippen molar-refractivity contribution in [3.63, 3.8) is 0 Å². The van der Waals surface area contributed by atoms with Crippen LogP contribution < -0.4 is 5.32 Å². The van der Waals surface area contributed by atoms with Gasteiger partial charge in [0.2, 0.25) is 11.8 Å². The molecule has 0 aromatic heterocycles. The standard InChI is InChI=1S/C13H19ClN2O2/c1-9(14)8-16-10(2)11(17)15-13(12(16)18)6-4-3-5-7-13/h10H,1,3-8H2,2H3,(H,15,17). The Labute approximate surface area is 112 Å². The van der Waals surface area contributed by atoms with Crippen LogP contribution in [0.1, 0.15) is 39.0 Å². The summed E-state index contributed by atoms with van der Waals surface area (Å²) in [6.07, 6.45) is 4.56. The molecule has 4 nitrogen and oxygen atoms in total. The minimum Gasteiger partial charge on any atom is -0.340 e. The van der Waals surface area contributed by atoms with Crippen LogP contribution in [0.2, 0.25) is 0 Å². The molecule has 0 aromatic carbocycles. The quantitative estimate of drug-likeness (QED) is 0.832. The average molecular weight is 271 g/mol. The molecule has 2 amide bonds. The van der Waals surface area contributed by atoms with Crippen LogP contribution in [0.15, 0.2) is 11.6 Å². The average Bonchev–Trinajstić information content (AvgIpc) is 2.33. The number of nitrogens with zero attached hydrogens (tertiary/aromatic N) is 1. The minimum atomic E-state index is -0.686. The van der Waals surface area contributed by atoms with Gasteiger partial charge in [0.05, 0.1) is 6.54 Å². The number of piperazine rings is 1. The summed E-state index contributed by atoms with van der Waals surface area (Å²) >= 11 is 5.80. The molecule has 2 aliphatic rings. The van der Waals surface area contributed by atoms with E-state index in [-0.39, 0.29) is 18.4 Å². The Bertz CT molecular complexity index is 388. The molecule has 0 bridgehead atoms. The van der Waals surface area contributed by atoms with Crippen molar-refractivity contribution in [3.8, 4) is 0 Å². The molecule has 5 heteroatoms. The van der Waals surface area contributed by atoms with E-state index in [0.717, 1.165) is 32.1 Å². The maximum atomic E-state index is 12.6. The number of carbonyl (C=O) groups excluding carboxylic acids is 2. The number of hydrogen-bond donors (Lipinski definition) is 1. The van der Waals surface area contributed by atoms with Crippen LogP contribution in [-0.4, -0.2) is 34.8 Å². The summed E-state index contributed by atoms with van der Waals surface area (Å²) in [5, 5.41) is 3.32. The highest BCUT2D eigenvalue weighted by molar-refractivity contribution is 6.29. The first-order valence-electron chi connectivity index (χ1n) is 6.43. The molecule has 1 spiro atoms. The van der Waals surface area contributed by atoms with Gasteiger partial charge in [-0.05, 0) is 19.8 Å². The van der Waals surface area contributed by atoms with E-state index in [0.29, 0.717) is 5.03 Å². The van der Waals surface area contributed by atoms with E-state index in [1.54, 1.807) is 11.8 Å². The molecule has 1 unspecified atom stereocenters. The lowest BCUT2D eigenvalue weighted by Crippen LogP contribution is -2.70. The molecule has 1 saturated carbocycles. The molecule has 1 heterocycles. The molecule has 1 aliphatic carbocycles. The third-order valence-electron chi connectivity index (χ3n) is 3.93. The summed E-state index contributed by atoms with van der Waals surface area (Å²) in [4.78, 5) is 26.2. The molecular formula is C13H19ClN2O2. The third kappa shape index (κ3) is 2.26. The Balaban J connectivity index is 2.26. The maximum Gasteiger partial charge on any atom is 0.249 e. The van der Waals surface area contributed by atoms with Gasteiger partial charge < -0.3 is 10.2 Å². The van der Waals surface area contributed by atoms with Crippen LogP contribution in [0, 0.1) is 0 Å². The highest BCUT2D eigenvalue weighted by atomic mass is 35.5. The lowest BCUT2D eigenvalue weighted by atomic mass is 9.78. The molecule has 1 atom stereocenters. The first kappa shape index (κ1) is 13.4. The zero-order valence-electron chi connectivity index (χ0n) is 10.7. The van der Waals surface area contributed by atoms with Gasteiger partial charge in [-0.15, -0.1) is 0 Å². The summed E-state index contributed by atoms with van der Waals surface area (Å²) in [5.41, 5.74) is -0.686. The van der Waals surface area contributed by atoms with E-state index in [9.17, 15) is 9.59 Å². The lowest BCUT2D eigenvalue weighted by Gasteiger charge is -2.46. The molecule has 1 saturated heterocycles. The summed E-state index contributed by atoms with van der Waals surface area (Å²) in [6, 6.07) is -0.472. The Morgan fingerprint density at radius 2 is 2.06 bits per heavy atom. The number of amides is 2. The van der Waals surface area contributed by atoms with E-state index in [4.69, 9.17) is 11.6 Å². The second-order valence-corrected chi connectivity index (χ2v) is 5.79. The van der Waals surface area contributed by atoms with Crippen molar-refractivity contribution >= 4 is 23.4 Å².